The van der Waals surface area contributed by atoms with Crippen LogP contribution in [0.3, 0.4) is 0 Å². The summed E-state index contributed by atoms with van der Waals surface area (Å²) < 4.78 is 26.4. The topological polar surface area (TPSA) is 0 Å². The van der Waals surface area contributed by atoms with Crippen molar-refractivity contribution >= 4 is 21.6 Å². The molecule has 0 aliphatic carbocycles. The lowest BCUT2D eigenvalue weighted by atomic mass is 10.2. The molecule has 0 nitrogen and oxygen atoms in total. The van der Waals surface area contributed by atoms with E-state index in [1.54, 1.807) is 45.9 Å². The van der Waals surface area contributed by atoms with E-state index in [0.29, 0.717) is 0 Å². The minimum Gasteiger partial charge on any atom is -0.207 e. The predicted octanol–water partition coefficient (Wildman–Crippen LogP) is 6.17. The molecule has 2 aromatic rings. The van der Waals surface area contributed by atoms with Gasteiger partial charge in [-0.05, 0) is 49.2 Å². The van der Waals surface area contributed by atoms with Crippen LogP contribution in [0, 0.1) is 11.6 Å². The molecular weight excluding hydrogens is 294 g/mol. The smallest absolute Gasteiger partial charge is 0.123 e. The molecule has 0 fully saturated rings. The normalized spacial score (nSPS) is 14.0. The Labute approximate surface area is 126 Å². The highest BCUT2D eigenvalue weighted by Crippen LogP contribution is 2.45. The van der Waals surface area contributed by atoms with Crippen molar-refractivity contribution in [2.75, 3.05) is 0 Å². The SMILES string of the molecule is CC(SSC(C)c1cccc(F)c1)c1cccc(F)c1. The van der Waals surface area contributed by atoms with Crippen LogP contribution in [0.5, 0.6) is 0 Å². The highest BCUT2D eigenvalue weighted by molar-refractivity contribution is 8.76. The minimum absolute atomic E-state index is 0.187. The van der Waals surface area contributed by atoms with Crippen LogP contribution in [0.25, 0.3) is 0 Å². The Kier molecular flexibility index (Phi) is 5.49. The fourth-order valence-corrected chi connectivity index (χ4v) is 4.31. The third-order valence-corrected chi connectivity index (χ3v) is 6.28. The maximum Gasteiger partial charge on any atom is 0.123 e. The summed E-state index contributed by atoms with van der Waals surface area (Å²) in [5.41, 5.74) is 1.93. The molecule has 0 spiro atoms. The van der Waals surface area contributed by atoms with E-state index in [-0.39, 0.29) is 22.1 Å². The van der Waals surface area contributed by atoms with Gasteiger partial charge in [-0.2, -0.15) is 0 Å². The van der Waals surface area contributed by atoms with Gasteiger partial charge >= 0.3 is 0 Å². The van der Waals surface area contributed by atoms with Gasteiger partial charge < -0.3 is 0 Å². The van der Waals surface area contributed by atoms with Crippen LogP contribution < -0.4 is 0 Å². The van der Waals surface area contributed by atoms with Gasteiger partial charge in [0.25, 0.3) is 0 Å². The van der Waals surface area contributed by atoms with Gasteiger partial charge in [-0.25, -0.2) is 8.78 Å². The Morgan fingerprint density at radius 2 is 1.15 bits per heavy atom. The molecule has 0 aliphatic rings. The minimum atomic E-state index is -0.210. The van der Waals surface area contributed by atoms with E-state index < -0.39 is 0 Å². The standard InChI is InChI=1S/C16H16F2S2/c1-11(13-5-3-7-15(17)9-13)19-20-12(2)14-6-4-8-16(18)10-14/h3-12H,1-2H3. The van der Waals surface area contributed by atoms with Crippen molar-refractivity contribution in [3.63, 3.8) is 0 Å². The van der Waals surface area contributed by atoms with Crippen molar-refractivity contribution in [2.45, 2.75) is 24.3 Å². The summed E-state index contributed by atoms with van der Waals surface area (Å²) in [5.74, 6) is -0.420. The molecule has 2 rings (SSSR count). The van der Waals surface area contributed by atoms with E-state index in [1.165, 1.54) is 12.1 Å². The fourth-order valence-electron chi connectivity index (χ4n) is 1.80. The summed E-state index contributed by atoms with van der Waals surface area (Å²) >= 11 is 0. The Morgan fingerprint density at radius 1 is 0.750 bits per heavy atom. The molecule has 0 heterocycles. The van der Waals surface area contributed by atoms with Crippen LogP contribution in [0.2, 0.25) is 0 Å². The van der Waals surface area contributed by atoms with E-state index in [4.69, 9.17) is 0 Å². The molecule has 106 valence electrons. The number of rotatable bonds is 5. The molecule has 0 aromatic heterocycles. The average Bonchev–Trinajstić information content (AvgIpc) is 2.44. The first-order valence-electron chi connectivity index (χ1n) is 6.39. The zero-order chi connectivity index (χ0) is 14.5. The lowest BCUT2D eigenvalue weighted by Gasteiger charge is -2.15. The lowest BCUT2D eigenvalue weighted by molar-refractivity contribution is 0.625. The molecule has 0 N–H and O–H groups in total. The van der Waals surface area contributed by atoms with E-state index in [1.807, 2.05) is 26.0 Å². The van der Waals surface area contributed by atoms with Crippen molar-refractivity contribution in [1.82, 2.24) is 0 Å². The van der Waals surface area contributed by atoms with E-state index in [9.17, 15) is 8.78 Å². The van der Waals surface area contributed by atoms with Crippen molar-refractivity contribution in [3.05, 3.63) is 71.3 Å². The Hall–Kier alpha value is -1.00. The number of halogens is 2. The molecule has 2 aromatic carbocycles. The first-order chi connectivity index (χ1) is 9.56. The molecule has 0 radical (unpaired) electrons. The Bertz CT molecular complexity index is 520. The molecule has 0 amide bonds. The Balaban J connectivity index is 1.94. The molecule has 4 heteroatoms. The summed E-state index contributed by atoms with van der Waals surface area (Å²) in [6, 6.07) is 13.3. The maximum atomic E-state index is 13.2. The largest absolute Gasteiger partial charge is 0.207 e. The van der Waals surface area contributed by atoms with E-state index in [2.05, 4.69) is 0 Å². The zero-order valence-electron chi connectivity index (χ0n) is 11.3. The number of hydrogen-bond acceptors (Lipinski definition) is 2. The second-order valence-electron chi connectivity index (χ2n) is 4.59. The van der Waals surface area contributed by atoms with Crippen LogP contribution in [-0.4, -0.2) is 0 Å². The summed E-state index contributed by atoms with van der Waals surface area (Å²) in [6.45, 7) is 4.09. The van der Waals surface area contributed by atoms with Gasteiger partial charge in [-0.15, -0.1) is 0 Å². The summed E-state index contributed by atoms with van der Waals surface area (Å²) in [6.07, 6.45) is 0. The molecule has 0 aliphatic heterocycles. The van der Waals surface area contributed by atoms with Gasteiger partial charge in [-0.1, -0.05) is 45.9 Å². The van der Waals surface area contributed by atoms with Gasteiger partial charge in [0.05, 0.1) is 0 Å². The molecule has 0 saturated heterocycles. The monoisotopic (exact) mass is 310 g/mol. The highest BCUT2D eigenvalue weighted by Gasteiger charge is 2.12. The van der Waals surface area contributed by atoms with Gasteiger partial charge in [0, 0.05) is 10.5 Å². The third-order valence-electron chi connectivity index (χ3n) is 2.98. The van der Waals surface area contributed by atoms with Crippen LogP contribution in [0.15, 0.2) is 48.5 Å². The predicted molar refractivity (Wildman–Crippen MR) is 84.8 cm³/mol. The molecule has 0 saturated carbocycles. The molecular formula is C16H16F2S2. The highest BCUT2D eigenvalue weighted by atomic mass is 33.1. The van der Waals surface area contributed by atoms with Crippen molar-refractivity contribution in [1.29, 1.82) is 0 Å². The van der Waals surface area contributed by atoms with Crippen LogP contribution >= 0.6 is 21.6 Å². The van der Waals surface area contributed by atoms with Gasteiger partial charge in [0.2, 0.25) is 0 Å². The van der Waals surface area contributed by atoms with Crippen molar-refractivity contribution < 1.29 is 8.78 Å². The van der Waals surface area contributed by atoms with E-state index >= 15 is 0 Å². The zero-order valence-corrected chi connectivity index (χ0v) is 13.0. The third kappa shape index (κ3) is 4.25. The van der Waals surface area contributed by atoms with Gasteiger partial charge in [0.15, 0.2) is 0 Å². The van der Waals surface area contributed by atoms with Crippen LogP contribution in [0.1, 0.15) is 35.5 Å². The molecule has 20 heavy (non-hydrogen) atoms. The van der Waals surface area contributed by atoms with Gasteiger partial charge in [-0.3, -0.25) is 0 Å². The van der Waals surface area contributed by atoms with Crippen LogP contribution in [-0.2, 0) is 0 Å². The van der Waals surface area contributed by atoms with Crippen LogP contribution in [0.4, 0.5) is 8.78 Å². The van der Waals surface area contributed by atoms with Gasteiger partial charge in [0.1, 0.15) is 11.6 Å². The summed E-state index contributed by atoms with van der Waals surface area (Å²) in [5, 5.41) is 0.374. The number of benzene rings is 2. The molecule has 2 atom stereocenters. The van der Waals surface area contributed by atoms with E-state index in [0.717, 1.165) is 11.1 Å². The maximum absolute atomic E-state index is 13.2. The van der Waals surface area contributed by atoms with Crippen molar-refractivity contribution in [2.24, 2.45) is 0 Å². The van der Waals surface area contributed by atoms with Crippen molar-refractivity contribution in [3.8, 4) is 0 Å². The quantitative estimate of drug-likeness (QED) is 0.606. The molecule has 2 unspecified atom stereocenters. The molecule has 0 bridgehead atoms. The fraction of sp³-hybridized carbons (Fsp3) is 0.250. The first-order valence-corrected chi connectivity index (χ1v) is 8.67. The summed E-state index contributed by atoms with van der Waals surface area (Å²) in [7, 11) is 3.35. The second kappa shape index (κ2) is 7.14. The first kappa shape index (κ1) is 15.4. The number of hydrogen-bond donors (Lipinski definition) is 0. The second-order valence-corrected chi connectivity index (χ2v) is 7.54. The average molecular weight is 310 g/mol. The lowest BCUT2D eigenvalue weighted by Crippen LogP contribution is -1.91. The Morgan fingerprint density at radius 3 is 1.50 bits per heavy atom. The summed E-state index contributed by atoms with van der Waals surface area (Å²) in [4.78, 5) is 0.